The van der Waals surface area contributed by atoms with Crippen molar-refractivity contribution in [1.29, 1.82) is 0 Å². The van der Waals surface area contributed by atoms with E-state index in [-0.39, 0.29) is 5.70 Å². The molecule has 0 aliphatic carbocycles. The highest BCUT2D eigenvalue weighted by Gasteiger charge is 2.24. The van der Waals surface area contributed by atoms with Gasteiger partial charge in [0.2, 0.25) is 5.11 Å². The van der Waals surface area contributed by atoms with Gasteiger partial charge in [-0.3, -0.25) is 10.4 Å². The lowest BCUT2D eigenvalue weighted by Gasteiger charge is -2.27. The fraction of sp³-hybridized carbons (Fsp3) is 0.0909. The number of para-hydroxylation sites is 2. The Labute approximate surface area is 108 Å². The summed E-state index contributed by atoms with van der Waals surface area (Å²) < 4.78 is 4.27. The molecule has 1 aromatic rings. The molecule has 0 saturated carbocycles. The summed E-state index contributed by atoms with van der Waals surface area (Å²) in [5.41, 5.74) is 0.910. The Bertz CT molecular complexity index is 592. The second-order valence-corrected chi connectivity index (χ2v) is 3.51. The molecule has 0 saturated heterocycles. The van der Waals surface area contributed by atoms with Gasteiger partial charge in [-0.15, -0.1) is 0 Å². The van der Waals surface area contributed by atoms with Crippen molar-refractivity contribution in [1.82, 2.24) is 0 Å². The Morgan fingerprint density at radius 2 is 2.05 bits per heavy atom. The van der Waals surface area contributed by atoms with Gasteiger partial charge in [-0.2, -0.15) is 0 Å². The predicted octanol–water partition coefficient (Wildman–Crippen LogP) is 1.43. The summed E-state index contributed by atoms with van der Waals surface area (Å²) in [7, 11) is 1.17. The van der Waals surface area contributed by atoms with Gasteiger partial charge in [0, 0.05) is 0 Å². The number of hydroxylamine groups is 2. The lowest BCUT2D eigenvalue weighted by molar-refractivity contribution is -0.0783. The molecule has 0 aromatic heterocycles. The van der Waals surface area contributed by atoms with Gasteiger partial charge in [-0.05, 0) is 12.1 Å². The van der Waals surface area contributed by atoms with E-state index in [4.69, 9.17) is 0 Å². The van der Waals surface area contributed by atoms with E-state index < -0.39 is 6.09 Å². The van der Waals surface area contributed by atoms with E-state index in [2.05, 4.69) is 14.6 Å². The van der Waals surface area contributed by atoms with Gasteiger partial charge < -0.3 is 4.74 Å². The first-order chi connectivity index (χ1) is 9.13. The van der Waals surface area contributed by atoms with Crippen LogP contribution in [0.2, 0.25) is 0 Å². The zero-order valence-electron chi connectivity index (χ0n) is 9.96. The van der Waals surface area contributed by atoms with Crippen molar-refractivity contribution in [3.8, 4) is 0 Å². The molecule has 0 unspecified atom stereocenters. The lowest BCUT2D eigenvalue weighted by Crippen LogP contribution is -2.29. The van der Waals surface area contributed by atoms with Crippen LogP contribution in [0.15, 0.2) is 41.3 Å². The van der Waals surface area contributed by atoms with E-state index in [9.17, 15) is 15.2 Å². The maximum atomic E-state index is 10.7. The third kappa shape index (κ3) is 2.61. The predicted molar refractivity (Wildman–Crippen MR) is 64.2 cm³/mol. The van der Waals surface area contributed by atoms with Crippen LogP contribution < -0.4 is 10.1 Å². The number of ether oxygens (including phenoxy) is 1. The number of hydrogen-bond acceptors (Lipinski definition) is 6. The Hall–Kier alpha value is -2.67. The van der Waals surface area contributed by atoms with Crippen molar-refractivity contribution < 1.29 is 24.7 Å². The second-order valence-electron chi connectivity index (χ2n) is 3.51. The van der Waals surface area contributed by atoms with Gasteiger partial charge in [0.05, 0.1) is 29.5 Å². The molecule has 2 rings (SSSR count). The van der Waals surface area contributed by atoms with Crippen molar-refractivity contribution in [2.24, 2.45) is 5.11 Å². The molecule has 0 spiro atoms. The number of rotatable bonds is 1. The van der Waals surface area contributed by atoms with E-state index in [1.165, 1.54) is 13.3 Å². The van der Waals surface area contributed by atoms with E-state index in [0.29, 0.717) is 11.4 Å². The van der Waals surface area contributed by atoms with Crippen molar-refractivity contribution in [2.75, 3.05) is 17.2 Å². The van der Waals surface area contributed by atoms with Crippen LogP contribution in [-0.4, -0.2) is 34.6 Å². The number of amides is 1. The molecule has 0 fully saturated rings. The minimum absolute atomic E-state index is 0.133. The molecule has 1 aliphatic rings. The molecule has 19 heavy (non-hydrogen) atoms. The highest BCUT2D eigenvalue weighted by molar-refractivity contribution is 5.86. The van der Waals surface area contributed by atoms with Gasteiger partial charge in [0.1, 0.15) is 0 Å². The topological polar surface area (TPSA) is 99.7 Å². The number of nitrogens with zero attached hydrogens (tertiary/aromatic N) is 4. The molecular formula is C11H11N4O4+. The van der Waals surface area contributed by atoms with Gasteiger partial charge in [-0.25, -0.2) is 14.9 Å². The number of allylic oxidation sites excluding steroid dienone is 1. The zero-order valence-corrected chi connectivity index (χ0v) is 9.96. The highest BCUT2D eigenvalue weighted by Crippen LogP contribution is 2.33. The molecule has 0 bridgehead atoms. The summed E-state index contributed by atoms with van der Waals surface area (Å²) in [6.07, 6.45) is 1.47. The van der Waals surface area contributed by atoms with E-state index in [1.807, 2.05) is 0 Å². The standard InChI is InChI=1S/C11H11N4O4/c1-19-11(16)13-12-6-8-7-14(17)9-4-2-3-5-10(9)15(8)18/h2-7,17-18H,1H3/q+1. The lowest BCUT2D eigenvalue weighted by atomic mass is 10.2. The van der Waals surface area contributed by atoms with Gasteiger partial charge in [0.25, 0.3) is 0 Å². The minimum Gasteiger partial charge on any atom is -0.447 e. The van der Waals surface area contributed by atoms with E-state index in [1.54, 1.807) is 24.3 Å². The fourth-order valence-corrected chi connectivity index (χ4v) is 1.49. The summed E-state index contributed by atoms with van der Waals surface area (Å²) in [6, 6.07) is 6.66. The molecule has 0 radical (unpaired) electrons. The Balaban J connectivity index is 2.30. The van der Waals surface area contributed by atoms with Crippen LogP contribution in [0.5, 0.6) is 0 Å². The normalized spacial score (nSPS) is 13.1. The molecule has 2 N–H and O–H groups in total. The fourth-order valence-electron chi connectivity index (χ4n) is 1.49. The molecule has 1 amide bonds. The average Bonchev–Trinajstić information content (AvgIpc) is 2.44. The number of fused-ring (bicyclic) bond motifs is 1. The van der Waals surface area contributed by atoms with Crippen LogP contribution >= 0.6 is 0 Å². The number of anilines is 2. The molecule has 1 heterocycles. The molecule has 8 nitrogen and oxygen atoms in total. The van der Waals surface area contributed by atoms with Crippen molar-refractivity contribution in [3.63, 3.8) is 0 Å². The highest BCUT2D eigenvalue weighted by atomic mass is 16.5. The number of carbonyl (C=O) groups excluding carboxylic acids is 1. The Morgan fingerprint density at radius 1 is 1.37 bits per heavy atom. The second kappa shape index (κ2) is 5.32. The Morgan fingerprint density at radius 3 is 2.74 bits per heavy atom. The third-order valence-corrected chi connectivity index (χ3v) is 2.36. The molecular weight excluding hydrogens is 252 g/mol. The van der Waals surface area contributed by atoms with Crippen molar-refractivity contribution in [2.45, 2.75) is 0 Å². The summed E-state index contributed by atoms with van der Waals surface area (Å²) in [5.74, 6) is 0. The monoisotopic (exact) mass is 263 g/mol. The van der Waals surface area contributed by atoms with Crippen LogP contribution in [0.3, 0.4) is 0 Å². The van der Waals surface area contributed by atoms with Crippen molar-refractivity contribution in [3.05, 3.63) is 36.2 Å². The average molecular weight is 263 g/mol. The molecule has 1 aromatic carbocycles. The maximum Gasteiger partial charge on any atom is 0.508 e. The van der Waals surface area contributed by atoms with Gasteiger partial charge in [0.15, 0.2) is 5.70 Å². The Kier molecular flexibility index (Phi) is 3.58. The third-order valence-electron chi connectivity index (χ3n) is 2.36. The quantitative estimate of drug-likeness (QED) is 0.451. The number of benzene rings is 1. The first-order valence-corrected chi connectivity index (χ1v) is 5.23. The first kappa shape index (κ1) is 12.8. The molecule has 98 valence electrons. The van der Waals surface area contributed by atoms with Crippen LogP contribution in [-0.2, 0) is 4.74 Å². The number of hydrogen-bond donors (Lipinski definition) is 2. The summed E-state index contributed by atoms with van der Waals surface area (Å²) in [6.45, 7) is 0. The van der Waals surface area contributed by atoms with E-state index in [0.717, 1.165) is 16.3 Å². The first-order valence-electron chi connectivity index (χ1n) is 5.23. The van der Waals surface area contributed by atoms with E-state index >= 15 is 0 Å². The SMILES string of the molecule is COC(=O)N=[N+]=CC1=CN(O)c2ccccc2N1O. The number of carbonyl (C=O) groups is 1. The molecule has 1 aliphatic heterocycles. The molecule has 8 heteroatoms. The van der Waals surface area contributed by atoms with Crippen LogP contribution in [0.25, 0.3) is 0 Å². The summed E-state index contributed by atoms with van der Waals surface area (Å²) in [5, 5.41) is 24.5. The minimum atomic E-state index is -0.863. The molecule has 0 atom stereocenters. The zero-order chi connectivity index (χ0) is 13.8. The number of methoxy groups -OCH3 is 1. The maximum absolute atomic E-state index is 10.7. The van der Waals surface area contributed by atoms with Crippen molar-refractivity contribution >= 4 is 23.7 Å². The summed E-state index contributed by atoms with van der Waals surface area (Å²) >= 11 is 0. The smallest absolute Gasteiger partial charge is 0.447 e. The largest absolute Gasteiger partial charge is 0.508 e. The van der Waals surface area contributed by atoms with Crippen LogP contribution in [0.1, 0.15) is 0 Å². The van der Waals surface area contributed by atoms with Crippen LogP contribution in [0.4, 0.5) is 16.2 Å². The summed E-state index contributed by atoms with van der Waals surface area (Å²) in [4.78, 5) is 14.2. The van der Waals surface area contributed by atoms with Gasteiger partial charge >= 0.3 is 12.3 Å². The van der Waals surface area contributed by atoms with Crippen LogP contribution in [0, 0.1) is 0 Å². The van der Waals surface area contributed by atoms with Gasteiger partial charge in [-0.1, -0.05) is 12.1 Å².